The quantitative estimate of drug-likeness (QED) is 0.619. The SMILES string of the molecule is CCCCCCC(O)C=C(F)F. The van der Waals surface area contributed by atoms with Gasteiger partial charge in [0.1, 0.15) is 0 Å². The highest BCUT2D eigenvalue weighted by Crippen LogP contribution is 2.08. The minimum Gasteiger partial charge on any atom is -0.389 e. The van der Waals surface area contributed by atoms with Crippen molar-refractivity contribution in [2.45, 2.75) is 45.1 Å². The van der Waals surface area contributed by atoms with Gasteiger partial charge < -0.3 is 5.11 Å². The van der Waals surface area contributed by atoms with Crippen LogP contribution in [0.2, 0.25) is 0 Å². The first kappa shape index (κ1) is 11.6. The normalized spacial score (nSPS) is 12.7. The van der Waals surface area contributed by atoms with Crippen LogP contribution < -0.4 is 0 Å². The smallest absolute Gasteiger partial charge is 0.268 e. The van der Waals surface area contributed by atoms with Crippen LogP contribution in [-0.4, -0.2) is 11.2 Å². The van der Waals surface area contributed by atoms with Gasteiger partial charge in [0.2, 0.25) is 0 Å². The fourth-order valence-corrected chi connectivity index (χ4v) is 1.01. The van der Waals surface area contributed by atoms with Crippen LogP contribution in [0.3, 0.4) is 0 Å². The van der Waals surface area contributed by atoms with Crippen molar-refractivity contribution < 1.29 is 13.9 Å². The van der Waals surface area contributed by atoms with E-state index in [-0.39, 0.29) is 0 Å². The Bertz CT molecular complexity index is 130. The van der Waals surface area contributed by atoms with Gasteiger partial charge in [-0.15, -0.1) is 0 Å². The Morgan fingerprint density at radius 2 is 2.00 bits per heavy atom. The maximum absolute atomic E-state index is 11.6. The Morgan fingerprint density at radius 1 is 1.33 bits per heavy atom. The molecular weight excluding hydrogens is 162 g/mol. The highest BCUT2D eigenvalue weighted by molar-refractivity contribution is 4.87. The predicted molar refractivity (Wildman–Crippen MR) is 45.1 cm³/mol. The molecule has 0 saturated carbocycles. The molecule has 3 heteroatoms. The predicted octanol–water partition coefficient (Wildman–Crippen LogP) is 3.10. The zero-order chi connectivity index (χ0) is 9.40. The summed E-state index contributed by atoms with van der Waals surface area (Å²) in [6.45, 7) is 2.08. The van der Waals surface area contributed by atoms with Crippen molar-refractivity contribution >= 4 is 0 Å². The van der Waals surface area contributed by atoms with Crippen LogP contribution in [0.25, 0.3) is 0 Å². The summed E-state index contributed by atoms with van der Waals surface area (Å²) in [7, 11) is 0. The van der Waals surface area contributed by atoms with E-state index in [2.05, 4.69) is 6.92 Å². The number of hydrogen-bond acceptors (Lipinski definition) is 1. The molecule has 0 fully saturated rings. The van der Waals surface area contributed by atoms with Gasteiger partial charge in [-0.2, -0.15) is 8.78 Å². The van der Waals surface area contributed by atoms with Gasteiger partial charge in [-0.05, 0) is 6.42 Å². The fourth-order valence-electron chi connectivity index (χ4n) is 1.01. The molecule has 0 heterocycles. The van der Waals surface area contributed by atoms with E-state index in [1.807, 2.05) is 0 Å². The van der Waals surface area contributed by atoms with Crippen molar-refractivity contribution in [3.63, 3.8) is 0 Å². The van der Waals surface area contributed by atoms with Crippen LogP contribution in [0, 0.1) is 0 Å². The summed E-state index contributed by atoms with van der Waals surface area (Å²) >= 11 is 0. The average molecular weight is 178 g/mol. The Labute approximate surface area is 72.1 Å². The second kappa shape index (κ2) is 7.22. The molecule has 0 aliphatic rings. The van der Waals surface area contributed by atoms with Crippen LogP contribution >= 0.6 is 0 Å². The second-order valence-corrected chi connectivity index (χ2v) is 2.87. The number of unbranched alkanes of at least 4 members (excludes halogenated alkanes) is 3. The van der Waals surface area contributed by atoms with E-state index in [4.69, 9.17) is 5.11 Å². The van der Waals surface area contributed by atoms with Crippen molar-refractivity contribution in [3.05, 3.63) is 12.2 Å². The molecule has 1 atom stereocenters. The number of aliphatic hydroxyl groups is 1. The third kappa shape index (κ3) is 7.66. The number of hydrogen-bond donors (Lipinski definition) is 1. The van der Waals surface area contributed by atoms with Gasteiger partial charge in [0, 0.05) is 6.08 Å². The summed E-state index contributed by atoms with van der Waals surface area (Å²) in [5, 5.41) is 8.96. The van der Waals surface area contributed by atoms with Crippen molar-refractivity contribution in [1.82, 2.24) is 0 Å². The molecule has 0 spiro atoms. The summed E-state index contributed by atoms with van der Waals surface area (Å²) in [5.74, 6) is 0. The van der Waals surface area contributed by atoms with E-state index < -0.39 is 12.2 Å². The van der Waals surface area contributed by atoms with Crippen LogP contribution in [0.5, 0.6) is 0 Å². The average Bonchev–Trinajstić information content (AvgIpc) is 1.97. The van der Waals surface area contributed by atoms with Gasteiger partial charge in [0.25, 0.3) is 6.08 Å². The van der Waals surface area contributed by atoms with Gasteiger partial charge in [-0.1, -0.05) is 32.6 Å². The third-order valence-electron chi connectivity index (χ3n) is 1.67. The van der Waals surface area contributed by atoms with Crippen LogP contribution in [-0.2, 0) is 0 Å². The standard InChI is InChI=1S/C9H16F2O/c1-2-3-4-5-6-8(12)7-9(10)11/h7-8,12H,2-6H2,1H3. The van der Waals surface area contributed by atoms with E-state index in [1.54, 1.807) is 0 Å². The van der Waals surface area contributed by atoms with Crippen molar-refractivity contribution in [1.29, 1.82) is 0 Å². The van der Waals surface area contributed by atoms with Crippen LogP contribution in [0.4, 0.5) is 8.78 Å². The Hall–Kier alpha value is -0.440. The van der Waals surface area contributed by atoms with Gasteiger partial charge in [0.15, 0.2) is 0 Å². The molecule has 0 rings (SSSR count). The first-order valence-electron chi connectivity index (χ1n) is 4.37. The van der Waals surface area contributed by atoms with Gasteiger partial charge in [0.05, 0.1) is 6.10 Å². The van der Waals surface area contributed by atoms with Crippen LogP contribution in [0.1, 0.15) is 39.0 Å². The Balaban J connectivity index is 3.32. The summed E-state index contributed by atoms with van der Waals surface area (Å²) < 4.78 is 23.1. The molecule has 1 N–H and O–H groups in total. The van der Waals surface area contributed by atoms with E-state index in [0.717, 1.165) is 25.7 Å². The monoisotopic (exact) mass is 178 g/mol. The molecule has 0 aromatic heterocycles. The molecule has 0 aliphatic carbocycles. The van der Waals surface area contributed by atoms with E-state index in [9.17, 15) is 8.78 Å². The summed E-state index contributed by atoms with van der Waals surface area (Å²) in [5.41, 5.74) is 0. The van der Waals surface area contributed by atoms with Gasteiger partial charge >= 0.3 is 0 Å². The molecule has 0 radical (unpaired) electrons. The minimum atomic E-state index is -1.79. The first-order valence-corrected chi connectivity index (χ1v) is 4.37. The lowest BCUT2D eigenvalue weighted by molar-refractivity contribution is 0.201. The van der Waals surface area contributed by atoms with Crippen LogP contribution in [0.15, 0.2) is 12.2 Å². The molecule has 1 nitrogen and oxygen atoms in total. The molecule has 0 bridgehead atoms. The lowest BCUT2D eigenvalue weighted by Gasteiger charge is -2.03. The highest BCUT2D eigenvalue weighted by Gasteiger charge is 2.01. The molecule has 1 unspecified atom stereocenters. The van der Waals surface area contributed by atoms with Crippen molar-refractivity contribution in [3.8, 4) is 0 Å². The lowest BCUT2D eigenvalue weighted by atomic mass is 10.1. The van der Waals surface area contributed by atoms with E-state index >= 15 is 0 Å². The Morgan fingerprint density at radius 3 is 2.50 bits per heavy atom. The number of rotatable bonds is 6. The highest BCUT2D eigenvalue weighted by atomic mass is 19.3. The minimum absolute atomic E-state index is 0.442. The second-order valence-electron chi connectivity index (χ2n) is 2.87. The summed E-state index contributed by atoms with van der Waals surface area (Å²) in [4.78, 5) is 0. The molecule has 0 aromatic carbocycles. The molecule has 12 heavy (non-hydrogen) atoms. The van der Waals surface area contributed by atoms with Crippen molar-refractivity contribution in [2.24, 2.45) is 0 Å². The lowest BCUT2D eigenvalue weighted by Crippen LogP contribution is -2.01. The Kier molecular flexibility index (Phi) is 6.96. The topological polar surface area (TPSA) is 20.2 Å². The first-order chi connectivity index (χ1) is 5.66. The zero-order valence-electron chi connectivity index (χ0n) is 7.39. The van der Waals surface area contributed by atoms with E-state index in [1.165, 1.54) is 0 Å². The molecule has 0 amide bonds. The number of halogens is 2. The zero-order valence-corrected chi connectivity index (χ0v) is 7.39. The summed E-state index contributed by atoms with van der Waals surface area (Å²) in [6, 6.07) is 0. The molecule has 0 saturated heterocycles. The fraction of sp³-hybridized carbons (Fsp3) is 0.778. The summed E-state index contributed by atoms with van der Waals surface area (Å²) in [6.07, 6.45) is 2.33. The maximum Gasteiger partial charge on any atom is 0.268 e. The maximum atomic E-state index is 11.6. The molecule has 72 valence electrons. The van der Waals surface area contributed by atoms with Gasteiger partial charge in [-0.3, -0.25) is 0 Å². The molecule has 0 aliphatic heterocycles. The largest absolute Gasteiger partial charge is 0.389 e. The molecular formula is C9H16F2O. The van der Waals surface area contributed by atoms with E-state index in [0.29, 0.717) is 12.5 Å². The molecule has 0 aromatic rings. The number of aliphatic hydroxyl groups excluding tert-OH is 1. The van der Waals surface area contributed by atoms with Crippen molar-refractivity contribution in [2.75, 3.05) is 0 Å². The van der Waals surface area contributed by atoms with Gasteiger partial charge in [-0.25, -0.2) is 0 Å². The third-order valence-corrected chi connectivity index (χ3v) is 1.67.